The molecule has 0 saturated heterocycles. The van der Waals surface area contributed by atoms with E-state index in [1.165, 1.54) is 13.0 Å². The molecule has 148 valence electrons. The van der Waals surface area contributed by atoms with Crippen molar-refractivity contribution in [1.82, 2.24) is 9.78 Å². The van der Waals surface area contributed by atoms with Crippen molar-refractivity contribution in [3.05, 3.63) is 76.6 Å². The molecule has 0 aliphatic carbocycles. The number of Topliss-reactive ketones (excluding diaryl/α,β-unsaturated/α-hetero) is 1. The summed E-state index contributed by atoms with van der Waals surface area (Å²) in [5.41, 5.74) is 1.94. The molecule has 0 aliphatic heterocycles. The Labute approximate surface area is 168 Å². The summed E-state index contributed by atoms with van der Waals surface area (Å²) in [7, 11) is 1.58. The van der Waals surface area contributed by atoms with Crippen molar-refractivity contribution < 1.29 is 14.3 Å². The van der Waals surface area contributed by atoms with E-state index in [2.05, 4.69) is 10.4 Å². The summed E-state index contributed by atoms with van der Waals surface area (Å²) in [5, 5.41) is 7.08. The summed E-state index contributed by atoms with van der Waals surface area (Å²) in [5.74, 6) is 0.203. The highest BCUT2D eigenvalue weighted by atomic mass is 16.5. The molecule has 2 aromatic carbocycles. The lowest BCUT2D eigenvalue weighted by atomic mass is 10.1. The Bertz CT molecular complexity index is 1100. The number of nitrogens with zero attached hydrogens (tertiary/aromatic N) is 2. The second-order valence-corrected chi connectivity index (χ2v) is 6.53. The summed E-state index contributed by atoms with van der Waals surface area (Å²) in [4.78, 5) is 36.5. The van der Waals surface area contributed by atoms with E-state index in [1.807, 2.05) is 12.1 Å². The van der Waals surface area contributed by atoms with Crippen LogP contribution in [0.2, 0.25) is 0 Å². The van der Waals surface area contributed by atoms with Gasteiger partial charge in [-0.1, -0.05) is 12.1 Å². The Balaban J connectivity index is 1.85. The standard InChI is InChI=1S/C22H21N3O4/c1-14(22(28)23-18-6-4-5-17(13-18)15(2)26)25-21(27)12-11-20(24-25)16-7-9-19(29-3)10-8-16/h4-14H,1-3H3,(H,23,28). The lowest BCUT2D eigenvalue weighted by Crippen LogP contribution is -2.33. The van der Waals surface area contributed by atoms with Crippen molar-refractivity contribution in [2.75, 3.05) is 12.4 Å². The Morgan fingerprint density at radius 1 is 1.07 bits per heavy atom. The van der Waals surface area contributed by atoms with Crippen molar-refractivity contribution in [2.45, 2.75) is 19.9 Å². The third kappa shape index (κ3) is 4.57. The predicted molar refractivity (Wildman–Crippen MR) is 110 cm³/mol. The van der Waals surface area contributed by atoms with Gasteiger partial charge in [-0.25, -0.2) is 4.68 Å². The molecule has 0 aliphatic rings. The minimum atomic E-state index is -0.846. The Kier molecular flexibility index (Phi) is 5.87. The van der Waals surface area contributed by atoms with Gasteiger partial charge in [0.25, 0.3) is 5.56 Å². The van der Waals surface area contributed by atoms with Crippen LogP contribution in [0.4, 0.5) is 5.69 Å². The second kappa shape index (κ2) is 8.52. The van der Waals surface area contributed by atoms with Crippen molar-refractivity contribution in [3.63, 3.8) is 0 Å². The van der Waals surface area contributed by atoms with Gasteiger partial charge in [0.2, 0.25) is 5.91 Å². The zero-order chi connectivity index (χ0) is 21.0. The first-order valence-corrected chi connectivity index (χ1v) is 9.05. The number of anilines is 1. The normalized spacial score (nSPS) is 11.6. The van der Waals surface area contributed by atoms with E-state index in [1.54, 1.807) is 56.5 Å². The molecule has 3 aromatic rings. The van der Waals surface area contributed by atoms with Gasteiger partial charge in [-0.15, -0.1) is 0 Å². The zero-order valence-electron chi connectivity index (χ0n) is 16.4. The molecular formula is C22H21N3O4. The highest BCUT2D eigenvalue weighted by Gasteiger charge is 2.18. The molecule has 7 heteroatoms. The monoisotopic (exact) mass is 391 g/mol. The molecule has 0 saturated carbocycles. The predicted octanol–water partition coefficient (Wildman–Crippen LogP) is 3.32. The largest absolute Gasteiger partial charge is 0.497 e. The molecule has 0 fully saturated rings. The fraction of sp³-hybridized carbons (Fsp3) is 0.182. The number of hydrogen-bond donors (Lipinski definition) is 1. The number of aromatic nitrogens is 2. The number of carbonyl (C=O) groups is 2. The van der Waals surface area contributed by atoms with Crippen LogP contribution in [-0.4, -0.2) is 28.6 Å². The fourth-order valence-electron chi connectivity index (χ4n) is 2.79. The molecular weight excluding hydrogens is 370 g/mol. The molecule has 0 radical (unpaired) electrons. The molecule has 1 amide bonds. The molecule has 3 rings (SSSR count). The summed E-state index contributed by atoms with van der Waals surface area (Å²) in [6, 6.07) is 16.0. The molecule has 0 spiro atoms. The first-order chi connectivity index (χ1) is 13.9. The third-order valence-corrected chi connectivity index (χ3v) is 4.49. The highest BCUT2D eigenvalue weighted by Crippen LogP contribution is 2.20. The van der Waals surface area contributed by atoms with E-state index in [0.717, 1.165) is 10.2 Å². The van der Waals surface area contributed by atoms with Crippen LogP contribution in [0.5, 0.6) is 5.75 Å². The summed E-state index contributed by atoms with van der Waals surface area (Å²) < 4.78 is 6.29. The van der Waals surface area contributed by atoms with Crippen LogP contribution in [0.15, 0.2) is 65.5 Å². The summed E-state index contributed by atoms with van der Waals surface area (Å²) in [6.07, 6.45) is 0. The molecule has 1 N–H and O–H groups in total. The number of benzene rings is 2. The van der Waals surface area contributed by atoms with Gasteiger partial charge in [0.1, 0.15) is 11.8 Å². The van der Waals surface area contributed by atoms with E-state index in [4.69, 9.17) is 4.74 Å². The number of ether oxygens (including phenoxy) is 1. The number of ketones is 1. The smallest absolute Gasteiger partial charge is 0.267 e. The van der Waals surface area contributed by atoms with Crippen LogP contribution >= 0.6 is 0 Å². The SMILES string of the molecule is COc1ccc(-c2ccc(=O)n(C(C)C(=O)Nc3cccc(C(C)=O)c3)n2)cc1. The molecule has 1 atom stereocenters. The van der Waals surface area contributed by atoms with E-state index in [0.29, 0.717) is 22.7 Å². The van der Waals surface area contributed by atoms with Crippen molar-refractivity contribution in [3.8, 4) is 17.0 Å². The first-order valence-electron chi connectivity index (χ1n) is 9.05. The van der Waals surface area contributed by atoms with Crippen LogP contribution in [0, 0.1) is 0 Å². The maximum atomic E-state index is 12.7. The van der Waals surface area contributed by atoms with E-state index in [9.17, 15) is 14.4 Å². The lowest BCUT2D eigenvalue weighted by molar-refractivity contribution is -0.119. The van der Waals surface area contributed by atoms with Crippen LogP contribution in [0.25, 0.3) is 11.3 Å². The van der Waals surface area contributed by atoms with Crippen LogP contribution in [-0.2, 0) is 4.79 Å². The third-order valence-electron chi connectivity index (χ3n) is 4.49. The minimum absolute atomic E-state index is 0.0979. The molecule has 7 nitrogen and oxygen atoms in total. The maximum Gasteiger partial charge on any atom is 0.267 e. The van der Waals surface area contributed by atoms with Gasteiger partial charge in [-0.2, -0.15) is 5.10 Å². The molecule has 1 aromatic heterocycles. The van der Waals surface area contributed by atoms with Crippen molar-refractivity contribution >= 4 is 17.4 Å². The number of rotatable bonds is 6. The van der Waals surface area contributed by atoms with Crippen LogP contribution in [0.3, 0.4) is 0 Å². The second-order valence-electron chi connectivity index (χ2n) is 6.53. The van der Waals surface area contributed by atoms with Gasteiger partial charge in [0.15, 0.2) is 5.78 Å². The van der Waals surface area contributed by atoms with Crippen molar-refractivity contribution in [2.24, 2.45) is 0 Å². The average Bonchev–Trinajstić information content (AvgIpc) is 2.74. The number of hydrogen-bond acceptors (Lipinski definition) is 5. The fourth-order valence-corrected chi connectivity index (χ4v) is 2.79. The maximum absolute atomic E-state index is 12.7. The number of carbonyl (C=O) groups excluding carboxylic acids is 2. The van der Waals surface area contributed by atoms with Gasteiger partial charge in [0.05, 0.1) is 12.8 Å². The van der Waals surface area contributed by atoms with Gasteiger partial charge in [-0.05, 0) is 56.3 Å². The van der Waals surface area contributed by atoms with Gasteiger partial charge in [0, 0.05) is 22.9 Å². The van der Waals surface area contributed by atoms with Crippen LogP contribution < -0.4 is 15.6 Å². The topological polar surface area (TPSA) is 90.3 Å². The highest BCUT2D eigenvalue weighted by molar-refractivity contribution is 5.97. The van der Waals surface area contributed by atoms with E-state index < -0.39 is 11.9 Å². The number of methoxy groups -OCH3 is 1. The van der Waals surface area contributed by atoms with Gasteiger partial charge in [-0.3, -0.25) is 14.4 Å². The quantitative estimate of drug-likeness (QED) is 0.651. The Morgan fingerprint density at radius 3 is 2.45 bits per heavy atom. The molecule has 29 heavy (non-hydrogen) atoms. The minimum Gasteiger partial charge on any atom is -0.497 e. The Morgan fingerprint density at radius 2 is 1.79 bits per heavy atom. The summed E-state index contributed by atoms with van der Waals surface area (Å²) >= 11 is 0. The summed E-state index contributed by atoms with van der Waals surface area (Å²) in [6.45, 7) is 3.05. The Hall–Kier alpha value is -3.74. The first kappa shape index (κ1) is 20.0. The average molecular weight is 391 g/mol. The molecule has 0 bridgehead atoms. The molecule has 1 unspecified atom stereocenters. The van der Waals surface area contributed by atoms with E-state index in [-0.39, 0.29) is 11.3 Å². The van der Waals surface area contributed by atoms with Crippen LogP contribution in [0.1, 0.15) is 30.2 Å². The van der Waals surface area contributed by atoms with Gasteiger partial charge >= 0.3 is 0 Å². The lowest BCUT2D eigenvalue weighted by Gasteiger charge is -2.15. The van der Waals surface area contributed by atoms with E-state index >= 15 is 0 Å². The van der Waals surface area contributed by atoms with Gasteiger partial charge < -0.3 is 10.1 Å². The number of amides is 1. The molecule has 1 heterocycles. The number of nitrogens with one attached hydrogen (secondary N) is 1. The van der Waals surface area contributed by atoms with Crippen molar-refractivity contribution in [1.29, 1.82) is 0 Å². The zero-order valence-corrected chi connectivity index (χ0v) is 16.4.